The largest absolute Gasteiger partial charge is 0.342 e. The van der Waals surface area contributed by atoms with E-state index in [0.29, 0.717) is 13.0 Å². The molecule has 2 saturated heterocycles. The number of fused-ring (bicyclic) bond motifs is 1. The lowest BCUT2D eigenvalue weighted by atomic mass is 9.87. The van der Waals surface area contributed by atoms with E-state index in [4.69, 9.17) is 0 Å². The van der Waals surface area contributed by atoms with Crippen molar-refractivity contribution in [2.45, 2.75) is 45.1 Å². The maximum Gasteiger partial charge on any atom is 0.228 e. The SMILES string of the molecule is O=C(Nc1ccc2c(c1)CCC2)[C@@H]1C[C@H](C(=O)N2CCCC2)CN(Cc2ccccc2)C1. The van der Waals surface area contributed by atoms with Gasteiger partial charge in [0.15, 0.2) is 0 Å². The molecule has 5 nitrogen and oxygen atoms in total. The number of anilines is 1. The van der Waals surface area contributed by atoms with E-state index >= 15 is 0 Å². The van der Waals surface area contributed by atoms with Gasteiger partial charge >= 0.3 is 0 Å². The van der Waals surface area contributed by atoms with Crippen molar-refractivity contribution in [2.24, 2.45) is 11.8 Å². The zero-order valence-electron chi connectivity index (χ0n) is 18.8. The van der Waals surface area contributed by atoms with E-state index in [1.54, 1.807) is 0 Å². The first kappa shape index (κ1) is 21.2. The Morgan fingerprint density at radius 3 is 2.44 bits per heavy atom. The van der Waals surface area contributed by atoms with Gasteiger partial charge in [-0.05, 0) is 67.3 Å². The summed E-state index contributed by atoms with van der Waals surface area (Å²) in [5, 5.41) is 3.16. The number of nitrogens with zero attached hydrogens (tertiary/aromatic N) is 2. The zero-order valence-corrected chi connectivity index (χ0v) is 18.8. The van der Waals surface area contributed by atoms with Gasteiger partial charge in [0.05, 0.1) is 11.8 Å². The van der Waals surface area contributed by atoms with Crippen LogP contribution in [0.3, 0.4) is 0 Å². The van der Waals surface area contributed by atoms with Crippen molar-refractivity contribution >= 4 is 17.5 Å². The Labute approximate surface area is 190 Å². The van der Waals surface area contributed by atoms with Gasteiger partial charge in [-0.2, -0.15) is 0 Å². The highest BCUT2D eigenvalue weighted by Crippen LogP contribution is 2.29. The number of hydrogen-bond acceptors (Lipinski definition) is 3. The maximum absolute atomic E-state index is 13.3. The lowest BCUT2D eigenvalue weighted by Gasteiger charge is -2.38. The average Bonchev–Trinajstić information content (AvgIpc) is 3.51. The van der Waals surface area contributed by atoms with E-state index in [0.717, 1.165) is 57.5 Å². The first-order valence-electron chi connectivity index (χ1n) is 12.1. The van der Waals surface area contributed by atoms with Crippen molar-refractivity contribution in [3.05, 3.63) is 65.2 Å². The lowest BCUT2D eigenvalue weighted by molar-refractivity contribution is -0.138. The van der Waals surface area contributed by atoms with Crippen LogP contribution < -0.4 is 5.32 Å². The molecule has 5 heteroatoms. The molecule has 2 aromatic rings. The summed E-state index contributed by atoms with van der Waals surface area (Å²) in [6, 6.07) is 16.7. The van der Waals surface area contributed by atoms with Gasteiger partial charge in [-0.1, -0.05) is 36.4 Å². The van der Waals surface area contributed by atoms with Crippen molar-refractivity contribution in [3.63, 3.8) is 0 Å². The molecule has 2 atom stereocenters. The van der Waals surface area contributed by atoms with Crippen molar-refractivity contribution in [3.8, 4) is 0 Å². The third-order valence-corrected chi connectivity index (χ3v) is 7.28. The molecule has 0 spiro atoms. The predicted octanol–water partition coefficient (Wildman–Crippen LogP) is 3.87. The van der Waals surface area contributed by atoms with Crippen LogP contribution in [-0.2, 0) is 29.0 Å². The molecule has 0 radical (unpaired) electrons. The van der Waals surface area contributed by atoms with E-state index in [9.17, 15) is 9.59 Å². The van der Waals surface area contributed by atoms with Crippen LogP contribution in [0.2, 0.25) is 0 Å². The fourth-order valence-electron chi connectivity index (χ4n) is 5.62. The summed E-state index contributed by atoms with van der Waals surface area (Å²) >= 11 is 0. The third-order valence-electron chi connectivity index (χ3n) is 7.28. The molecule has 1 N–H and O–H groups in total. The van der Waals surface area contributed by atoms with E-state index in [1.165, 1.54) is 23.1 Å². The Morgan fingerprint density at radius 2 is 1.62 bits per heavy atom. The van der Waals surface area contributed by atoms with Crippen LogP contribution in [0, 0.1) is 11.8 Å². The summed E-state index contributed by atoms with van der Waals surface area (Å²) in [4.78, 5) is 30.8. The Balaban J connectivity index is 1.31. The minimum absolute atomic E-state index is 0.0416. The van der Waals surface area contributed by atoms with Crippen LogP contribution in [-0.4, -0.2) is 47.8 Å². The second-order valence-corrected chi connectivity index (χ2v) is 9.67. The second kappa shape index (κ2) is 9.45. The highest BCUT2D eigenvalue weighted by molar-refractivity contribution is 5.93. The van der Waals surface area contributed by atoms with E-state index in [1.807, 2.05) is 29.2 Å². The first-order valence-corrected chi connectivity index (χ1v) is 12.1. The first-order chi connectivity index (χ1) is 15.7. The molecule has 3 aliphatic rings. The number of likely N-dealkylation sites (tertiary alicyclic amines) is 2. The van der Waals surface area contributed by atoms with Crippen molar-refractivity contribution in [2.75, 3.05) is 31.5 Å². The number of carbonyl (C=O) groups excluding carboxylic acids is 2. The number of carbonyl (C=O) groups is 2. The smallest absolute Gasteiger partial charge is 0.228 e. The molecule has 1 aliphatic carbocycles. The Bertz CT molecular complexity index is 968. The number of aryl methyl sites for hydroxylation is 2. The molecule has 0 saturated carbocycles. The Kier molecular flexibility index (Phi) is 6.26. The molecule has 2 aromatic carbocycles. The molecule has 0 unspecified atom stereocenters. The number of rotatable bonds is 5. The summed E-state index contributed by atoms with van der Waals surface area (Å²) in [5.74, 6) is -0.0193. The summed E-state index contributed by atoms with van der Waals surface area (Å²) in [5.41, 5.74) is 4.88. The van der Waals surface area contributed by atoms with Gasteiger partial charge in [-0.25, -0.2) is 0 Å². The van der Waals surface area contributed by atoms with Crippen LogP contribution >= 0.6 is 0 Å². The standard InChI is InChI=1S/C27H33N3O2/c31-26(28-25-12-11-21-9-6-10-22(21)16-25)23-15-24(27(32)30-13-4-5-14-30)19-29(18-23)17-20-7-2-1-3-8-20/h1-3,7-8,11-12,16,23-24H,4-6,9-10,13-15,17-19H2,(H,28,31)/t23-,24+/m1/s1. The van der Waals surface area contributed by atoms with Crippen molar-refractivity contribution in [1.82, 2.24) is 9.80 Å². The van der Waals surface area contributed by atoms with E-state index in [-0.39, 0.29) is 23.7 Å². The van der Waals surface area contributed by atoms with E-state index < -0.39 is 0 Å². The van der Waals surface area contributed by atoms with Gasteiger partial charge in [0.1, 0.15) is 0 Å². The summed E-state index contributed by atoms with van der Waals surface area (Å²) < 4.78 is 0. The van der Waals surface area contributed by atoms with Gasteiger partial charge in [0.25, 0.3) is 0 Å². The predicted molar refractivity (Wildman–Crippen MR) is 126 cm³/mol. The lowest BCUT2D eigenvalue weighted by Crippen LogP contribution is -2.49. The Hall–Kier alpha value is -2.66. The monoisotopic (exact) mass is 431 g/mol. The third kappa shape index (κ3) is 4.73. The van der Waals surface area contributed by atoms with Crippen LogP contribution in [0.15, 0.2) is 48.5 Å². The van der Waals surface area contributed by atoms with Gasteiger partial charge in [-0.3, -0.25) is 14.5 Å². The molecule has 0 aromatic heterocycles. The second-order valence-electron chi connectivity index (χ2n) is 9.67. The average molecular weight is 432 g/mol. The summed E-state index contributed by atoms with van der Waals surface area (Å²) in [7, 11) is 0. The topological polar surface area (TPSA) is 52.7 Å². The molecule has 2 aliphatic heterocycles. The van der Waals surface area contributed by atoms with E-state index in [2.05, 4.69) is 34.5 Å². The molecule has 2 heterocycles. The van der Waals surface area contributed by atoms with Gasteiger partial charge in [-0.15, -0.1) is 0 Å². The minimum Gasteiger partial charge on any atom is -0.342 e. The number of nitrogens with one attached hydrogen (secondary N) is 1. The number of hydrogen-bond donors (Lipinski definition) is 1. The van der Waals surface area contributed by atoms with Crippen molar-refractivity contribution in [1.29, 1.82) is 0 Å². The number of piperidine rings is 1. The minimum atomic E-state index is -0.183. The van der Waals surface area contributed by atoms with Crippen LogP contribution in [0.1, 0.15) is 42.4 Å². The molecule has 0 bridgehead atoms. The summed E-state index contributed by atoms with van der Waals surface area (Å²) in [6.45, 7) is 3.91. The molecule has 2 amide bonds. The summed E-state index contributed by atoms with van der Waals surface area (Å²) in [6.07, 6.45) is 6.25. The molecular weight excluding hydrogens is 398 g/mol. The fraction of sp³-hybridized carbons (Fsp3) is 0.481. The van der Waals surface area contributed by atoms with Gasteiger partial charge in [0, 0.05) is 38.4 Å². The maximum atomic E-state index is 13.3. The zero-order chi connectivity index (χ0) is 21.9. The highest BCUT2D eigenvalue weighted by atomic mass is 16.2. The molecule has 32 heavy (non-hydrogen) atoms. The Morgan fingerprint density at radius 1 is 0.875 bits per heavy atom. The molecule has 5 rings (SSSR count). The van der Waals surface area contributed by atoms with Gasteiger partial charge < -0.3 is 10.2 Å². The van der Waals surface area contributed by atoms with Crippen LogP contribution in [0.5, 0.6) is 0 Å². The van der Waals surface area contributed by atoms with Crippen molar-refractivity contribution < 1.29 is 9.59 Å². The molecule has 2 fully saturated rings. The fourth-order valence-corrected chi connectivity index (χ4v) is 5.62. The molecule has 168 valence electrons. The van der Waals surface area contributed by atoms with Crippen LogP contribution in [0.25, 0.3) is 0 Å². The molecular formula is C27H33N3O2. The highest BCUT2D eigenvalue weighted by Gasteiger charge is 2.37. The normalized spacial score (nSPS) is 23.2. The van der Waals surface area contributed by atoms with Gasteiger partial charge in [0.2, 0.25) is 11.8 Å². The van der Waals surface area contributed by atoms with Crippen LogP contribution in [0.4, 0.5) is 5.69 Å². The number of benzene rings is 2. The number of amides is 2. The quantitative estimate of drug-likeness (QED) is 0.782.